The van der Waals surface area contributed by atoms with E-state index in [-0.39, 0.29) is 24.8 Å². The van der Waals surface area contributed by atoms with Crippen molar-refractivity contribution in [2.75, 3.05) is 38.2 Å². The van der Waals surface area contributed by atoms with Crippen molar-refractivity contribution in [1.29, 1.82) is 0 Å². The fraction of sp³-hybridized carbons (Fsp3) is 0.643. The standard InChI is InChI=1S/C14H23N5O2/c1-10-8-19(9-11(2)18(10)3)13-5-4-12(16-17-13)14(21)15-6-7-20/h4-5,10-11,20H,6-9H2,1-3H3,(H,15,21)/t10-,11+. The second-order valence-corrected chi connectivity index (χ2v) is 5.52. The molecule has 1 saturated heterocycles. The number of carbonyl (C=O) groups is 1. The molecule has 2 N–H and O–H groups in total. The van der Waals surface area contributed by atoms with Gasteiger partial charge in [0, 0.05) is 31.7 Å². The highest BCUT2D eigenvalue weighted by atomic mass is 16.3. The summed E-state index contributed by atoms with van der Waals surface area (Å²) in [6.07, 6.45) is 0. The Bertz CT molecular complexity index is 467. The van der Waals surface area contributed by atoms with Gasteiger partial charge < -0.3 is 15.3 Å². The van der Waals surface area contributed by atoms with Crippen LogP contribution in [0.2, 0.25) is 0 Å². The van der Waals surface area contributed by atoms with Crippen LogP contribution >= 0.6 is 0 Å². The summed E-state index contributed by atoms with van der Waals surface area (Å²) in [4.78, 5) is 16.2. The number of hydrogen-bond donors (Lipinski definition) is 2. The van der Waals surface area contributed by atoms with Gasteiger partial charge in [-0.05, 0) is 33.0 Å². The molecule has 0 bridgehead atoms. The number of aliphatic hydroxyl groups excluding tert-OH is 1. The van der Waals surface area contributed by atoms with Crippen molar-refractivity contribution in [3.05, 3.63) is 17.8 Å². The Morgan fingerprint density at radius 3 is 2.52 bits per heavy atom. The van der Waals surface area contributed by atoms with Crippen LogP contribution in [0.15, 0.2) is 12.1 Å². The highest BCUT2D eigenvalue weighted by Crippen LogP contribution is 2.18. The molecule has 7 heteroatoms. The van der Waals surface area contributed by atoms with E-state index in [4.69, 9.17) is 5.11 Å². The van der Waals surface area contributed by atoms with Crippen LogP contribution in [0, 0.1) is 0 Å². The summed E-state index contributed by atoms with van der Waals surface area (Å²) in [5.74, 6) is 0.476. The van der Waals surface area contributed by atoms with Crippen molar-refractivity contribution in [1.82, 2.24) is 20.4 Å². The van der Waals surface area contributed by atoms with E-state index in [0.717, 1.165) is 18.9 Å². The Morgan fingerprint density at radius 1 is 1.33 bits per heavy atom. The smallest absolute Gasteiger partial charge is 0.271 e. The molecule has 1 aromatic heterocycles. The van der Waals surface area contributed by atoms with Gasteiger partial charge in [-0.15, -0.1) is 10.2 Å². The van der Waals surface area contributed by atoms with Crippen molar-refractivity contribution in [3.63, 3.8) is 0 Å². The van der Waals surface area contributed by atoms with Crippen molar-refractivity contribution in [2.24, 2.45) is 0 Å². The average Bonchev–Trinajstić information content (AvgIpc) is 2.50. The van der Waals surface area contributed by atoms with E-state index in [1.54, 1.807) is 6.07 Å². The minimum atomic E-state index is -0.316. The van der Waals surface area contributed by atoms with Crippen molar-refractivity contribution in [2.45, 2.75) is 25.9 Å². The molecule has 0 spiro atoms. The van der Waals surface area contributed by atoms with Crippen LogP contribution in [-0.2, 0) is 0 Å². The van der Waals surface area contributed by atoms with Crippen LogP contribution in [0.4, 0.5) is 5.82 Å². The second-order valence-electron chi connectivity index (χ2n) is 5.52. The predicted molar refractivity (Wildman–Crippen MR) is 80.4 cm³/mol. The molecule has 1 aliphatic rings. The molecule has 2 rings (SSSR count). The first-order valence-electron chi connectivity index (χ1n) is 7.22. The molecule has 0 aromatic carbocycles. The Kier molecular flexibility index (Phi) is 5.08. The molecule has 0 radical (unpaired) electrons. The Hall–Kier alpha value is -1.73. The molecule has 7 nitrogen and oxygen atoms in total. The zero-order valence-corrected chi connectivity index (χ0v) is 12.8. The van der Waals surface area contributed by atoms with Gasteiger partial charge in [-0.2, -0.15) is 0 Å². The van der Waals surface area contributed by atoms with E-state index in [1.165, 1.54) is 0 Å². The molecular weight excluding hydrogens is 270 g/mol. The summed E-state index contributed by atoms with van der Waals surface area (Å²) >= 11 is 0. The summed E-state index contributed by atoms with van der Waals surface area (Å²) in [7, 11) is 2.13. The predicted octanol–water partition coefficient (Wildman–Crippen LogP) is -0.272. The molecule has 2 atom stereocenters. The second kappa shape index (κ2) is 6.82. The fourth-order valence-electron chi connectivity index (χ4n) is 2.47. The molecule has 1 aromatic rings. The SMILES string of the molecule is C[C@@H]1CN(c2ccc(C(=O)NCCO)nn2)C[C@H](C)N1C. The normalized spacial score (nSPS) is 23.1. The molecule has 1 aliphatic heterocycles. The molecule has 116 valence electrons. The lowest BCUT2D eigenvalue weighted by Gasteiger charge is -2.42. The molecular formula is C14H23N5O2. The molecule has 0 unspecified atom stereocenters. The van der Waals surface area contributed by atoms with Crippen molar-refractivity contribution < 1.29 is 9.90 Å². The van der Waals surface area contributed by atoms with Crippen LogP contribution in [0.5, 0.6) is 0 Å². The van der Waals surface area contributed by atoms with Crippen LogP contribution in [0.1, 0.15) is 24.3 Å². The number of aliphatic hydroxyl groups is 1. The third kappa shape index (κ3) is 3.68. The number of piperazine rings is 1. The molecule has 0 aliphatic carbocycles. The highest BCUT2D eigenvalue weighted by Gasteiger charge is 2.27. The number of hydrogen-bond acceptors (Lipinski definition) is 6. The maximum atomic E-state index is 11.7. The Balaban J connectivity index is 2.03. The van der Waals surface area contributed by atoms with Gasteiger partial charge in [-0.3, -0.25) is 9.69 Å². The largest absolute Gasteiger partial charge is 0.395 e. The topological polar surface area (TPSA) is 81.6 Å². The van der Waals surface area contributed by atoms with E-state index >= 15 is 0 Å². The monoisotopic (exact) mass is 293 g/mol. The van der Waals surface area contributed by atoms with Gasteiger partial charge in [0.25, 0.3) is 5.91 Å². The van der Waals surface area contributed by atoms with Crippen LogP contribution < -0.4 is 10.2 Å². The third-order valence-electron chi connectivity index (χ3n) is 3.96. The van der Waals surface area contributed by atoms with Gasteiger partial charge in [0.1, 0.15) is 0 Å². The van der Waals surface area contributed by atoms with E-state index in [0.29, 0.717) is 12.1 Å². The number of amides is 1. The van der Waals surface area contributed by atoms with Crippen LogP contribution in [-0.4, -0.2) is 71.5 Å². The summed E-state index contributed by atoms with van der Waals surface area (Å²) in [6, 6.07) is 4.39. The Morgan fingerprint density at radius 2 is 2.00 bits per heavy atom. The minimum absolute atomic E-state index is 0.0890. The number of nitrogens with zero attached hydrogens (tertiary/aromatic N) is 4. The number of rotatable bonds is 4. The first-order valence-corrected chi connectivity index (χ1v) is 7.22. The lowest BCUT2D eigenvalue weighted by atomic mass is 10.1. The minimum Gasteiger partial charge on any atom is -0.395 e. The van der Waals surface area contributed by atoms with Crippen molar-refractivity contribution >= 4 is 11.7 Å². The van der Waals surface area contributed by atoms with Gasteiger partial charge in [-0.25, -0.2) is 0 Å². The number of carbonyl (C=O) groups excluding carboxylic acids is 1. The van der Waals surface area contributed by atoms with Gasteiger partial charge in [0.15, 0.2) is 11.5 Å². The zero-order valence-electron chi connectivity index (χ0n) is 12.8. The zero-order chi connectivity index (χ0) is 15.4. The lowest BCUT2D eigenvalue weighted by Crippen LogP contribution is -2.55. The van der Waals surface area contributed by atoms with E-state index in [2.05, 4.69) is 46.2 Å². The number of anilines is 1. The van der Waals surface area contributed by atoms with Gasteiger partial charge in [0.2, 0.25) is 0 Å². The highest BCUT2D eigenvalue weighted by molar-refractivity contribution is 5.92. The van der Waals surface area contributed by atoms with Gasteiger partial charge >= 0.3 is 0 Å². The van der Waals surface area contributed by atoms with Gasteiger partial charge in [0.05, 0.1) is 6.61 Å². The molecule has 21 heavy (non-hydrogen) atoms. The Labute approximate surface area is 125 Å². The van der Waals surface area contributed by atoms with Gasteiger partial charge in [-0.1, -0.05) is 0 Å². The molecule has 0 saturated carbocycles. The molecule has 1 amide bonds. The fourth-order valence-corrected chi connectivity index (χ4v) is 2.47. The molecule has 2 heterocycles. The number of aromatic nitrogens is 2. The summed E-state index contributed by atoms with van der Waals surface area (Å²) in [6.45, 7) is 6.29. The third-order valence-corrected chi connectivity index (χ3v) is 3.96. The summed E-state index contributed by atoms with van der Waals surface area (Å²) in [5, 5.41) is 19.4. The number of nitrogens with one attached hydrogen (secondary N) is 1. The first kappa shape index (κ1) is 15.7. The van der Waals surface area contributed by atoms with Crippen LogP contribution in [0.3, 0.4) is 0 Å². The number of likely N-dealkylation sites (N-methyl/N-ethyl adjacent to an activating group) is 1. The summed E-state index contributed by atoms with van der Waals surface area (Å²) in [5.41, 5.74) is 0.266. The van der Waals surface area contributed by atoms with E-state index in [1.807, 2.05) is 6.07 Å². The maximum Gasteiger partial charge on any atom is 0.271 e. The maximum absolute atomic E-state index is 11.7. The lowest BCUT2D eigenvalue weighted by molar-refractivity contribution is 0.0938. The van der Waals surface area contributed by atoms with E-state index < -0.39 is 0 Å². The van der Waals surface area contributed by atoms with Crippen LogP contribution in [0.25, 0.3) is 0 Å². The van der Waals surface area contributed by atoms with Crippen molar-refractivity contribution in [3.8, 4) is 0 Å². The average molecular weight is 293 g/mol. The quantitative estimate of drug-likeness (QED) is 0.795. The van der Waals surface area contributed by atoms with E-state index in [9.17, 15) is 4.79 Å². The molecule has 1 fully saturated rings. The summed E-state index contributed by atoms with van der Waals surface area (Å²) < 4.78 is 0. The first-order chi connectivity index (χ1) is 10.0.